The molecule has 0 saturated carbocycles. The number of aromatic nitrogens is 1. The number of hydrogen-bond acceptors (Lipinski definition) is 2. The third-order valence-corrected chi connectivity index (χ3v) is 4.23. The number of rotatable bonds is 4. The zero-order valence-corrected chi connectivity index (χ0v) is 14.1. The smallest absolute Gasteiger partial charge is 0.319 e. The summed E-state index contributed by atoms with van der Waals surface area (Å²) in [5, 5.41) is 7.38. The Morgan fingerprint density at radius 1 is 1.17 bits per heavy atom. The van der Waals surface area contributed by atoms with Gasteiger partial charge in [0.2, 0.25) is 0 Å². The van der Waals surface area contributed by atoms with Gasteiger partial charge in [0, 0.05) is 28.8 Å². The average molecular weight is 340 g/mol. The van der Waals surface area contributed by atoms with Gasteiger partial charge in [-0.2, -0.15) is 0 Å². The van der Waals surface area contributed by atoms with Gasteiger partial charge >= 0.3 is 6.03 Å². The van der Waals surface area contributed by atoms with E-state index in [0.717, 1.165) is 28.5 Å². The summed E-state index contributed by atoms with van der Waals surface area (Å²) in [7, 11) is 0. The van der Waals surface area contributed by atoms with Crippen molar-refractivity contribution in [2.24, 2.45) is 0 Å². The van der Waals surface area contributed by atoms with Crippen LogP contribution in [0.3, 0.4) is 0 Å². The SMILES string of the molecule is Cc1ccc(NC(=O)NCCc2cccc3cccnc23)cc1Cl. The Kier molecular flexibility index (Phi) is 4.96. The van der Waals surface area contributed by atoms with Gasteiger partial charge < -0.3 is 10.6 Å². The lowest BCUT2D eigenvalue weighted by Crippen LogP contribution is -2.30. The van der Waals surface area contributed by atoms with E-state index >= 15 is 0 Å². The van der Waals surface area contributed by atoms with Crippen molar-refractivity contribution < 1.29 is 4.79 Å². The lowest BCUT2D eigenvalue weighted by Gasteiger charge is -2.09. The van der Waals surface area contributed by atoms with E-state index in [1.807, 2.05) is 49.4 Å². The number of fused-ring (bicyclic) bond motifs is 1. The van der Waals surface area contributed by atoms with E-state index in [0.29, 0.717) is 17.3 Å². The molecule has 5 heteroatoms. The van der Waals surface area contributed by atoms with Gasteiger partial charge in [-0.05, 0) is 42.7 Å². The number of anilines is 1. The third-order valence-electron chi connectivity index (χ3n) is 3.83. The van der Waals surface area contributed by atoms with Gasteiger partial charge in [-0.15, -0.1) is 0 Å². The molecule has 0 aliphatic rings. The number of urea groups is 1. The summed E-state index contributed by atoms with van der Waals surface area (Å²) in [6.07, 6.45) is 2.50. The fourth-order valence-electron chi connectivity index (χ4n) is 2.53. The Balaban J connectivity index is 1.57. The fraction of sp³-hybridized carbons (Fsp3) is 0.158. The van der Waals surface area contributed by atoms with E-state index < -0.39 is 0 Å². The van der Waals surface area contributed by atoms with Gasteiger partial charge in [0.1, 0.15) is 0 Å². The maximum atomic E-state index is 12.0. The summed E-state index contributed by atoms with van der Waals surface area (Å²) in [6.45, 7) is 2.45. The summed E-state index contributed by atoms with van der Waals surface area (Å²) in [6, 6.07) is 15.2. The minimum Gasteiger partial charge on any atom is -0.338 e. The molecule has 24 heavy (non-hydrogen) atoms. The van der Waals surface area contributed by atoms with Crippen LogP contribution in [0.5, 0.6) is 0 Å². The van der Waals surface area contributed by atoms with Crippen molar-refractivity contribution in [2.45, 2.75) is 13.3 Å². The molecular weight excluding hydrogens is 322 g/mol. The Morgan fingerprint density at radius 3 is 2.83 bits per heavy atom. The molecule has 2 amide bonds. The summed E-state index contributed by atoms with van der Waals surface area (Å²) in [5.74, 6) is 0. The van der Waals surface area contributed by atoms with Crippen molar-refractivity contribution in [1.29, 1.82) is 0 Å². The molecule has 0 spiro atoms. The maximum Gasteiger partial charge on any atom is 0.319 e. The predicted octanol–water partition coefficient (Wildman–Crippen LogP) is 4.56. The number of benzene rings is 2. The van der Waals surface area contributed by atoms with Crippen LogP contribution in [0.2, 0.25) is 5.02 Å². The maximum absolute atomic E-state index is 12.0. The van der Waals surface area contributed by atoms with Crippen molar-refractivity contribution in [2.75, 3.05) is 11.9 Å². The highest BCUT2D eigenvalue weighted by molar-refractivity contribution is 6.31. The Morgan fingerprint density at radius 2 is 2.00 bits per heavy atom. The van der Waals surface area contributed by atoms with Gasteiger partial charge in [-0.3, -0.25) is 4.98 Å². The number of aryl methyl sites for hydroxylation is 1. The zero-order chi connectivity index (χ0) is 16.9. The van der Waals surface area contributed by atoms with Gasteiger partial charge in [0.05, 0.1) is 5.52 Å². The molecule has 0 saturated heterocycles. The normalized spacial score (nSPS) is 10.6. The number of halogens is 1. The van der Waals surface area contributed by atoms with Crippen LogP contribution < -0.4 is 10.6 Å². The molecule has 1 aromatic heterocycles. The van der Waals surface area contributed by atoms with E-state index in [1.54, 1.807) is 12.3 Å². The number of nitrogens with zero attached hydrogens (tertiary/aromatic N) is 1. The highest BCUT2D eigenvalue weighted by Crippen LogP contribution is 2.20. The van der Waals surface area contributed by atoms with Crippen LogP contribution in [-0.2, 0) is 6.42 Å². The lowest BCUT2D eigenvalue weighted by molar-refractivity contribution is 0.252. The molecule has 4 nitrogen and oxygen atoms in total. The second-order valence-corrected chi connectivity index (χ2v) is 5.99. The number of nitrogens with one attached hydrogen (secondary N) is 2. The molecule has 0 unspecified atom stereocenters. The second-order valence-electron chi connectivity index (χ2n) is 5.59. The minimum atomic E-state index is -0.247. The van der Waals surface area contributed by atoms with E-state index in [9.17, 15) is 4.79 Å². The molecule has 2 N–H and O–H groups in total. The zero-order valence-electron chi connectivity index (χ0n) is 13.3. The van der Waals surface area contributed by atoms with Crippen molar-refractivity contribution in [3.63, 3.8) is 0 Å². The number of para-hydroxylation sites is 1. The fourth-order valence-corrected chi connectivity index (χ4v) is 2.71. The molecule has 3 aromatic rings. The highest BCUT2D eigenvalue weighted by atomic mass is 35.5. The number of amides is 2. The molecule has 0 aliphatic carbocycles. The van der Waals surface area contributed by atoms with Crippen LogP contribution in [0, 0.1) is 6.92 Å². The standard InChI is InChI=1S/C19H18ClN3O/c1-13-7-8-16(12-17(13)20)23-19(24)22-11-9-15-5-2-4-14-6-3-10-21-18(14)15/h2-8,10,12H,9,11H2,1H3,(H2,22,23,24). The lowest BCUT2D eigenvalue weighted by atomic mass is 10.1. The van der Waals surface area contributed by atoms with Crippen LogP contribution >= 0.6 is 11.6 Å². The van der Waals surface area contributed by atoms with Crippen LogP contribution in [0.4, 0.5) is 10.5 Å². The van der Waals surface area contributed by atoms with Crippen molar-refractivity contribution in [3.8, 4) is 0 Å². The number of pyridine rings is 1. The molecule has 1 heterocycles. The predicted molar refractivity (Wildman–Crippen MR) is 98.7 cm³/mol. The summed E-state index contributed by atoms with van der Waals surface area (Å²) < 4.78 is 0. The van der Waals surface area contributed by atoms with E-state index in [1.165, 1.54) is 0 Å². The van der Waals surface area contributed by atoms with Gasteiger partial charge in [0.15, 0.2) is 0 Å². The highest BCUT2D eigenvalue weighted by Gasteiger charge is 2.05. The molecule has 0 aliphatic heterocycles. The first-order chi connectivity index (χ1) is 11.6. The molecule has 0 atom stereocenters. The second kappa shape index (κ2) is 7.32. The first-order valence-corrected chi connectivity index (χ1v) is 8.15. The summed E-state index contributed by atoms with van der Waals surface area (Å²) in [5.41, 5.74) is 3.75. The quantitative estimate of drug-likeness (QED) is 0.732. The third kappa shape index (κ3) is 3.84. The number of carbonyl (C=O) groups is 1. The Labute approximate surface area is 145 Å². The molecule has 2 aromatic carbocycles. The van der Waals surface area contributed by atoms with Gasteiger partial charge in [-0.1, -0.05) is 41.9 Å². The molecule has 0 radical (unpaired) electrons. The van der Waals surface area contributed by atoms with Crippen molar-refractivity contribution in [3.05, 3.63) is 70.9 Å². The van der Waals surface area contributed by atoms with E-state index in [4.69, 9.17) is 11.6 Å². The molecule has 0 bridgehead atoms. The first kappa shape index (κ1) is 16.3. The topological polar surface area (TPSA) is 54.0 Å². The molecule has 122 valence electrons. The minimum absolute atomic E-state index is 0.247. The monoisotopic (exact) mass is 339 g/mol. The number of hydrogen-bond donors (Lipinski definition) is 2. The van der Waals surface area contributed by atoms with Crippen LogP contribution in [0.25, 0.3) is 10.9 Å². The molecular formula is C19H18ClN3O. The largest absolute Gasteiger partial charge is 0.338 e. The van der Waals surface area contributed by atoms with Crippen LogP contribution in [-0.4, -0.2) is 17.6 Å². The van der Waals surface area contributed by atoms with Crippen molar-refractivity contribution >= 4 is 34.2 Å². The Hall–Kier alpha value is -2.59. The van der Waals surface area contributed by atoms with E-state index in [2.05, 4.69) is 15.6 Å². The Bertz CT molecular complexity index is 874. The van der Waals surface area contributed by atoms with Crippen LogP contribution in [0.15, 0.2) is 54.7 Å². The van der Waals surface area contributed by atoms with Crippen LogP contribution in [0.1, 0.15) is 11.1 Å². The molecule has 0 fully saturated rings. The molecule has 3 rings (SSSR count). The first-order valence-electron chi connectivity index (χ1n) is 7.77. The van der Waals surface area contributed by atoms with Gasteiger partial charge in [-0.25, -0.2) is 4.79 Å². The summed E-state index contributed by atoms with van der Waals surface area (Å²) >= 11 is 6.06. The van der Waals surface area contributed by atoms with E-state index in [-0.39, 0.29) is 6.03 Å². The van der Waals surface area contributed by atoms with Crippen molar-refractivity contribution in [1.82, 2.24) is 10.3 Å². The average Bonchev–Trinajstić information content (AvgIpc) is 2.58. The summed E-state index contributed by atoms with van der Waals surface area (Å²) in [4.78, 5) is 16.4. The van der Waals surface area contributed by atoms with Gasteiger partial charge in [0.25, 0.3) is 0 Å². The number of carbonyl (C=O) groups excluding carboxylic acids is 1.